The Morgan fingerprint density at radius 3 is 2.42 bits per heavy atom. The number of aromatic hydroxyl groups is 1. The first-order valence-electron chi connectivity index (χ1n) is 6.17. The topological polar surface area (TPSA) is 61.4 Å². The van der Waals surface area contributed by atoms with Crippen molar-refractivity contribution in [3.05, 3.63) is 54.1 Å². The lowest BCUT2D eigenvalue weighted by atomic mass is 10.0. The molecule has 0 aromatic heterocycles. The maximum Gasteiger partial charge on any atom is 0.247 e. The average molecular weight is 254 g/mol. The number of nitrogens with one attached hydrogen (secondary N) is 2. The van der Waals surface area contributed by atoms with E-state index >= 15 is 0 Å². The second-order valence-corrected chi connectivity index (χ2v) is 4.60. The van der Waals surface area contributed by atoms with Gasteiger partial charge in [-0.1, -0.05) is 24.3 Å². The molecule has 4 heteroatoms. The molecule has 1 aliphatic heterocycles. The van der Waals surface area contributed by atoms with Crippen LogP contribution in [0.3, 0.4) is 0 Å². The maximum atomic E-state index is 12.0. The molecule has 96 valence electrons. The fourth-order valence-electron chi connectivity index (χ4n) is 2.20. The number of para-hydroxylation sites is 2. The zero-order chi connectivity index (χ0) is 13.2. The second kappa shape index (κ2) is 4.65. The molecule has 0 radical (unpaired) electrons. The highest BCUT2D eigenvalue weighted by atomic mass is 16.3. The minimum Gasteiger partial charge on any atom is -0.508 e. The Morgan fingerprint density at radius 1 is 1.00 bits per heavy atom. The number of phenolic OH excluding ortho intramolecular Hbond substituents is 1. The molecule has 0 saturated carbocycles. The summed E-state index contributed by atoms with van der Waals surface area (Å²) in [6.45, 7) is 0. The third-order valence-corrected chi connectivity index (χ3v) is 3.21. The van der Waals surface area contributed by atoms with Crippen molar-refractivity contribution in [3.63, 3.8) is 0 Å². The molecular weight excluding hydrogens is 240 g/mol. The normalized spacial score (nSPS) is 17.3. The minimum atomic E-state index is -0.292. The molecule has 0 unspecified atom stereocenters. The van der Waals surface area contributed by atoms with Gasteiger partial charge in [0, 0.05) is 6.42 Å². The Hall–Kier alpha value is -2.49. The predicted molar refractivity (Wildman–Crippen MR) is 74.3 cm³/mol. The van der Waals surface area contributed by atoms with E-state index in [9.17, 15) is 9.90 Å². The summed E-state index contributed by atoms with van der Waals surface area (Å²) in [5.74, 6) is 0.196. The molecule has 1 atom stereocenters. The number of phenols is 1. The summed E-state index contributed by atoms with van der Waals surface area (Å²) < 4.78 is 0. The summed E-state index contributed by atoms with van der Waals surface area (Å²) in [7, 11) is 0. The standard InChI is InChI=1S/C15H14N2O2/c18-11-7-5-10(6-8-11)9-14-15(19)17-13-4-2-1-3-12(13)16-14/h1-8,14,16,18H,9H2,(H,17,19)/t14-/m0/s1. The van der Waals surface area contributed by atoms with Gasteiger partial charge in [-0.2, -0.15) is 0 Å². The molecule has 19 heavy (non-hydrogen) atoms. The van der Waals surface area contributed by atoms with Crippen molar-refractivity contribution in [2.24, 2.45) is 0 Å². The highest BCUT2D eigenvalue weighted by Crippen LogP contribution is 2.27. The highest BCUT2D eigenvalue weighted by molar-refractivity contribution is 6.03. The molecule has 4 nitrogen and oxygen atoms in total. The summed E-state index contributed by atoms with van der Waals surface area (Å²) in [5, 5.41) is 15.4. The van der Waals surface area contributed by atoms with Gasteiger partial charge in [-0.3, -0.25) is 4.79 Å². The fraction of sp³-hybridized carbons (Fsp3) is 0.133. The van der Waals surface area contributed by atoms with Crippen molar-refractivity contribution in [1.29, 1.82) is 0 Å². The number of anilines is 2. The molecule has 2 aromatic rings. The number of hydrogen-bond acceptors (Lipinski definition) is 3. The molecule has 0 aliphatic carbocycles. The van der Waals surface area contributed by atoms with Crippen LogP contribution in [-0.4, -0.2) is 17.1 Å². The molecule has 0 bridgehead atoms. The van der Waals surface area contributed by atoms with Gasteiger partial charge in [-0.15, -0.1) is 0 Å². The van der Waals surface area contributed by atoms with Gasteiger partial charge in [0.05, 0.1) is 11.4 Å². The van der Waals surface area contributed by atoms with E-state index in [1.165, 1.54) is 0 Å². The van der Waals surface area contributed by atoms with E-state index < -0.39 is 0 Å². The van der Waals surface area contributed by atoms with Crippen molar-refractivity contribution >= 4 is 17.3 Å². The monoisotopic (exact) mass is 254 g/mol. The van der Waals surface area contributed by atoms with Crippen LogP contribution in [0.25, 0.3) is 0 Å². The van der Waals surface area contributed by atoms with E-state index in [-0.39, 0.29) is 17.7 Å². The van der Waals surface area contributed by atoms with Crippen LogP contribution >= 0.6 is 0 Å². The van der Waals surface area contributed by atoms with Crippen LogP contribution in [0, 0.1) is 0 Å². The van der Waals surface area contributed by atoms with E-state index in [0.717, 1.165) is 16.9 Å². The summed E-state index contributed by atoms with van der Waals surface area (Å²) in [5.41, 5.74) is 2.75. The number of rotatable bonds is 2. The molecule has 0 saturated heterocycles. The second-order valence-electron chi connectivity index (χ2n) is 4.60. The smallest absolute Gasteiger partial charge is 0.247 e. The van der Waals surface area contributed by atoms with Gasteiger partial charge in [0.1, 0.15) is 11.8 Å². The van der Waals surface area contributed by atoms with E-state index in [1.54, 1.807) is 12.1 Å². The van der Waals surface area contributed by atoms with Crippen LogP contribution in [0.1, 0.15) is 5.56 Å². The van der Waals surface area contributed by atoms with Gasteiger partial charge >= 0.3 is 0 Å². The molecule has 3 N–H and O–H groups in total. The number of hydrogen-bond donors (Lipinski definition) is 3. The van der Waals surface area contributed by atoms with Crippen LogP contribution in [-0.2, 0) is 11.2 Å². The van der Waals surface area contributed by atoms with Gasteiger partial charge < -0.3 is 15.7 Å². The van der Waals surface area contributed by atoms with Crippen LogP contribution in [0.15, 0.2) is 48.5 Å². The third kappa shape index (κ3) is 2.38. The molecule has 2 aromatic carbocycles. The zero-order valence-electron chi connectivity index (χ0n) is 10.3. The van der Waals surface area contributed by atoms with Crippen LogP contribution in [0.4, 0.5) is 11.4 Å². The van der Waals surface area contributed by atoms with Gasteiger partial charge in [-0.25, -0.2) is 0 Å². The van der Waals surface area contributed by atoms with Gasteiger partial charge in [0.25, 0.3) is 0 Å². The molecule has 1 amide bonds. The Labute approximate surface area is 111 Å². The van der Waals surface area contributed by atoms with Crippen LogP contribution in [0.5, 0.6) is 5.75 Å². The van der Waals surface area contributed by atoms with Crippen LogP contribution < -0.4 is 10.6 Å². The fourth-order valence-corrected chi connectivity index (χ4v) is 2.20. The number of benzene rings is 2. The number of amides is 1. The number of carbonyl (C=O) groups is 1. The Bertz CT molecular complexity index is 608. The largest absolute Gasteiger partial charge is 0.508 e. The Morgan fingerprint density at radius 2 is 1.68 bits per heavy atom. The number of carbonyl (C=O) groups excluding carboxylic acids is 1. The summed E-state index contributed by atoms with van der Waals surface area (Å²) >= 11 is 0. The molecule has 3 rings (SSSR count). The quantitative estimate of drug-likeness (QED) is 0.771. The lowest BCUT2D eigenvalue weighted by Crippen LogP contribution is -2.40. The molecular formula is C15H14N2O2. The first kappa shape index (κ1) is 11.6. The van der Waals surface area contributed by atoms with Crippen molar-refractivity contribution < 1.29 is 9.90 Å². The van der Waals surface area contributed by atoms with Crippen molar-refractivity contribution in [1.82, 2.24) is 0 Å². The van der Waals surface area contributed by atoms with Crippen molar-refractivity contribution in [2.75, 3.05) is 10.6 Å². The Balaban J connectivity index is 1.79. The summed E-state index contributed by atoms with van der Waals surface area (Å²) in [4.78, 5) is 12.0. The average Bonchev–Trinajstić information content (AvgIpc) is 2.42. The minimum absolute atomic E-state index is 0.0354. The molecule has 0 spiro atoms. The summed E-state index contributed by atoms with van der Waals surface area (Å²) in [6, 6.07) is 14.3. The first-order chi connectivity index (χ1) is 9.22. The number of fused-ring (bicyclic) bond motifs is 1. The lowest BCUT2D eigenvalue weighted by molar-refractivity contribution is -0.117. The first-order valence-corrected chi connectivity index (χ1v) is 6.17. The van der Waals surface area contributed by atoms with E-state index in [4.69, 9.17) is 0 Å². The van der Waals surface area contributed by atoms with Crippen molar-refractivity contribution in [3.8, 4) is 5.75 Å². The highest BCUT2D eigenvalue weighted by Gasteiger charge is 2.24. The third-order valence-electron chi connectivity index (χ3n) is 3.21. The summed E-state index contributed by atoms with van der Waals surface area (Å²) in [6.07, 6.45) is 0.584. The maximum absolute atomic E-state index is 12.0. The van der Waals surface area contributed by atoms with E-state index in [2.05, 4.69) is 10.6 Å². The van der Waals surface area contributed by atoms with E-state index in [1.807, 2.05) is 36.4 Å². The Kier molecular flexibility index (Phi) is 2.83. The van der Waals surface area contributed by atoms with Gasteiger partial charge in [0.15, 0.2) is 0 Å². The zero-order valence-corrected chi connectivity index (χ0v) is 10.3. The predicted octanol–water partition coefficient (Wildman–Crippen LogP) is 2.37. The van der Waals surface area contributed by atoms with Crippen molar-refractivity contribution in [2.45, 2.75) is 12.5 Å². The van der Waals surface area contributed by atoms with Gasteiger partial charge in [0.2, 0.25) is 5.91 Å². The molecule has 1 heterocycles. The lowest BCUT2D eigenvalue weighted by Gasteiger charge is -2.26. The molecule has 0 fully saturated rings. The van der Waals surface area contributed by atoms with Crippen LogP contribution in [0.2, 0.25) is 0 Å². The van der Waals surface area contributed by atoms with E-state index in [0.29, 0.717) is 6.42 Å². The van der Waals surface area contributed by atoms with Gasteiger partial charge in [-0.05, 0) is 29.8 Å². The molecule has 1 aliphatic rings. The SMILES string of the molecule is O=C1Nc2ccccc2N[C@H]1Cc1ccc(O)cc1.